The normalized spacial score (nSPS) is 15.7. The van der Waals surface area contributed by atoms with Crippen LogP contribution in [0.2, 0.25) is 0 Å². The number of benzene rings is 3. The summed E-state index contributed by atoms with van der Waals surface area (Å²) in [6.45, 7) is 9.29. The van der Waals surface area contributed by atoms with Crippen LogP contribution >= 0.6 is 0 Å². The van der Waals surface area contributed by atoms with Crippen molar-refractivity contribution >= 4 is 10.0 Å². The average Bonchev–Trinajstić information content (AvgIpc) is 2.81. The van der Waals surface area contributed by atoms with E-state index in [0.29, 0.717) is 31.1 Å². The Labute approximate surface area is 200 Å². The molecule has 1 heterocycles. The van der Waals surface area contributed by atoms with E-state index in [0.717, 1.165) is 33.4 Å². The molecule has 0 saturated carbocycles. The van der Waals surface area contributed by atoms with Gasteiger partial charge in [0.1, 0.15) is 11.6 Å². The van der Waals surface area contributed by atoms with Gasteiger partial charge in [-0.2, -0.15) is 4.31 Å². The molecule has 4 rings (SSSR count). The van der Waals surface area contributed by atoms with Crippen molar-refractivity contribution in [2.24, 2.45) is 0 Å². The van der Waals surface area contributed by atoms with Gasteiger partial charge in [0.15, 0.2) is 0 Å². The summed E-state index contributed by atoms with van der Waals surface area (Å²) in [7, 11) is -3.65. The highest BCUT2D eigenvalue weighted by molar-refractivity contribution is 7.89. The highest BCUT2D eigenvalue weighted by Crippen LogP contribution is 2.33. The number of hydrogen-bond acceptors (Lipinski definition) is 3. The molecule has 0 unspecified atom stereocenters. The lowest BCUT2D eigenvalue weighted by Crippen LogP contribution is -2.50. The summed E-state index contributed by atoms with van der Waals surface area (Å²) in [6.07, 6.45) is 0. The number of nitrogens with zero attached hydrogens (tertiary/aromatic N) is 2. The van der Waals surface area contributed by atoms with Gasteiger partial charge in [0.2, 0.25) is 10.0 Å². The Hall–Kier alpha value is -2.61. The van der Waals surface area contributed by atoms with E-state index in [1.807, 2.05) is 33.8 Å². The predicted molar refractivity (Wildman–Crippen MR) is 130 cm³/mol. The summed E-state index contributed by atoms with van der Waals surface area (Å²) < 4.78 is 56.0. The smallest absolute Gasteiger partial charge is 0.243 e. The SMILES string of the molecule is Cc1cc(C)c(C)c(S(=O)(=O)N2CCN(C(c3ccc(F)cc3)c3ccc(F)cc3)CC2)c1C. The molecule has 3 aromatic carbocycles. The first kappa shape index (κ1) is 24.5. The van der Waals surface area contributed by atoms with E-state index in [-0.39, 0.29) is 17.7 Å². The quantitative estimate of drug-likeness (QED) is 0.494. The molecule has 0 aromatic heterocycles. The van der Waals surface area contributed by atoms with Crippen LogP contribution in [-0.2, 0) is 10.0 Å². The van der Waals surface area contributed by atoms with Crippen LogP contribution in [0.4, 0.5) is 8.78 Å². The van der Waals surface area contributed by atoms with Crippen LogP contribution in [0.5, 0.6) is 0 Å². The molecule has 1 saturated heterocycles. The second-order valence-electron chi connectivity index (χ2n) is 9.04. The fraction of sp³-hybridized carbons (Fsp3) is 0.333. The van der Waals surface area contributed by atoms with Crippen LogP contribution in [0.1, 0.15) is 39.4 Å². The molecular weight excluding hydrogens is 454 g/mol. The zero-order valence-electron chi connectivity index (χ0n) is 20.0. The highest BCUT2D eigenvalue weighted by Gasteiger charge is 2.34. The maximum Gasteiger partial charge on any atom is 0.243 e. The molecule has 0 aliphatic carbocycles. The van der Waals surface area contributed by atoms with Gasteiger partial charge in [-0.25, -0.2) is 17.2 Å². The molecule has 0 atom stereocenters. The van der Waals surface area contributed by atoms with Crippen molar-refractivity contribution in [1.29, 1.82) is 0 Å². The van der Waals surface area contributed by atoms with E-state index < -0.39 is 10.0 Å². The summed E-state index contributed by atoms with van der Waals surface area (Å²) in [5, 5.41) is 0. The van der Waals surface area contributed by atoms with Crippen molar-refractivity contribution in [3.63, 3.8) is 0 Å². The van der Waals surface area contributed by atoms with Gasteiger partial charge >= 0.3 is 0 Å². The molecule has 180 valence electrons. The summed E-state index contributed by atoms with van der Waals surface area (Å²) in [6, 6.07) is 14.4. The molecule has 1 aliphatic heterocycles. The van der Waals surface area contributed by atoms with Crippen LogP contribution < -0.4 is 0 Å². The minimum atomic E-state index is -3.65. The van der Waals surface area contributed by atoms with Gasteiger partial charge in [-0.15, -0.1) is 0 Å². The molecule has 3 aromatic rings. The Morgan fingerprint density at radius 3 is 1.53 bits per heavy atom. The average molecular weight is 485 g/mol. The zero-order valence-corrected chi connectivity index (χ0v) is 20.8. The van der Waals surface area contributed by atoms with Crippen molar-refractivity contribution in [1.82, 2.24) is 9.21 Å². The van der Waals surface area contributed by atoms with Gasteiger partial charge in [0.25, 0.3) is 0 Å². The Kier molecular flexibility index (Phi) is 6.90. The monoisotopic (exact) mass is 484 g/mol. The van der Waals surface area contributed by atoms with Crippen molar-refractivity contribution in [3.05, 3.63) is 99.6 Å². The molecule has 0 N–H and O–H groups in total. The van der Waals surface area contributed by atoms with Gasteiger partial charge in [-0.1, -0.05) is 30.3 Å². The van der Waals surface area contributed by atoms with Gasteiger partial charge in [0.05, 0.1) is 10.9 Å². The van der Waals surface area contributed by atoms with Crippen LogP contribution in [-0.4, -0.2) is 43.8 Å². The minimum absolute atomic E-state index is 0.226. The van der Waals surface area contributed by atoms with Gasteiger partial charge in [0, 0.05) is 26.2 Å². The van der Waals surface area contributed by atoms with E-state index in [9.17, 15) is 17.2 Å². The van der Waals surface area contributed by atoms with Gasteiger partial charge < -0.3 is 0 Å². The fourth-order valence-electron chi connectivity index (χ4n) is 4.80. The molecule has 7 heteroatoms. The predicted octanol–water partition coefficient (Wildman–Crippen LogP) is 5.29. The first-order valence-corrected chi connectivity index (χ1v) is 12.9. The van der Waals surface area contributed by atoms with Crippen molar-refractivity contribution in [2.45, 2.75) is 38.6 Å². The lowest BCUT2D eigenvalue weighted by atomic mass is 9.96. The number of sulfonamides is 1. The van der Waals surface area contributed by atoms with E-state index in [4.69, 9.17) is 0 Å². The fourth-order valence-corrected chi connectivity index (χ4v) is 6.80. The standard InChI is InChI=1S/C27H30F2N2O2S/c1-18-17-19(2)21(4)27(20(18)3)34(32,33)31-15-13-30(14-16-31)26(22-5-9-24(28)10-6-22)23-7-11-25(29)12-8-23/h5-12,17,26H,13-16H2,1-4H3. The second-order valence-corrected chi connectivity index (χ2v) is 10.9. The zero-order chi connectivity index (χ0) is 24.6. The van der Waals surface area contributed by atoms with Crippen molar-refractivity contribution < 1.29 is 17.2 Å². The molecule has 0 radical (unpaired) electrons. The van der Waals surface area contributed by atoms with Crippen LogP contribution in [0.3, 0.4) is 0 Å². The Balaban J connectivity index is 1.62. The largest absolute Gasteiger partial charge is 0.290 e. The maximum absolute atomic E-state index is 13.6. The van der Waals surface area contributed by atoms with Crippen molar-refractivity contribution in [3.8, 4) is 0 Å². The molecule has 0 amide bonds. The summed E-state index contributed by atoms with van der Waals surface area (Å²) in [5.41, 5.74) is 5.28. The van der Waals surface area contributed by atoms with Crippen LogP contribution in [0.15, 0.2) is 59.5 Å². The van der Waals surface area contributed by atoms with E-state index >= 15 is 0 Å². The third-order valence-corrected chi connectivity index (χ3v) is 9.08. The first-order valence-electron chi connectivity index (χ1n) is 11.4. The number of aryl methyl sites for hydroxylation is 2. The van der Waals surface area contributed by atoms with E-state index in [2.05, 4.69) is 4.90 Å². The first-order chi connectivity index (χ1) is 16.1. The molecule has 34 heavy (non-hydrogen) atoms. The molecular formula is C27H30F2N2O2S. The third kappa shape index (κ3) is 4.65. The van der Waals surface area contributed by atoms with E-state index in [1.165, 1.54) is 24.3 Å². The number of halogens is 2. The highest BCUT2D eigenvalue weighted by atomic mass is 32.2. The van der Waals surface area contributed by atoms with Gasteiger partial charge in [-0.3, -0.25) is 4.90 Å². The van der Waals surface area contributed by atoms with E-state index in [1.54, 1.807) is 28.6 Å². The molecule has 0 bridgehead atoms. The Morgan fingerprint density at radius 1 is 0.706 bits per heavy atom. The number of rotatable bonds is 5. The molecule has 1 fully saturated rings. The van der Waals surface area contributed by atoms with Crippen LogP contribution in [0.25, 0.3) is 0 Å². The second kappa shape index (κ2) is 9.56. The Morgan fingerprint density at radius 2 is 1.12 bits per heavy atom. The molecule has 4 nitrogen and oxygen atoms in total. The topological polar surface area (TPSA) is 40.6 Å². The van der Waals surface area contributed by atoms with Crippen LogP contribution in [0, 0.1) is 39.3 Å². The molecule has 1 aliphatic rings. The summed E-state index contributed by atoms with van der Waals surface area (Å²) >= 11 is 0. The van der Waals surface area contributed by atoms with Crippen molar-refractivity contribution in [2.75, 3.05) is 26.2 Å². The summed E-state index contributed by atoms with van der Waals surface area (Å²) in [4.78, 5) is 2.58. The Bertz CT molecular complexity index is 1210. The maximum atomic E-state index is 13.6. The lowest BCUT2D eigenvalue weighted by molar-refractivity contribution is 0.155. The number of piperazine rings is 1. The lowest BCUT2D eigenvalue weighted by Gasteiger charge is -2.39. The third-order valence-electron chi connectivity index (χ3n) is 6.90. The molecule has 0 spiro atoms. The van der Waals surface area contributed by atoms with Gasteiger partial charge in [-0.05, 0) is 85.3 Å². The minimum Gasteiger partial charge on any atom is -0.290 e. The summed E-state index contributed by atoms with van der Waals surface area (Å²) in [5.74, 6) is -0.645. The number of hydrogen-bond donors (Lipinski definition) is 0.